The van der Waals surface area contributed by atoms with Gasteiger partial charge in [-0.3, -0.25) is 4.79 Å². The third-order valence-electron chi connectivity index (χ3n) is 3.95. The molecule has 1 aliphatic carbocycles. The Hall–Kier alpha value is -1.62. The summed E-state index contributed by atoms with van der Waals surface area (Å²) in [5.41, 5.74) is 7.57. The molecule has 1 atom stereocenters. The predicted molar refractivity (Wildman–Crippen MR) is 83.0 cm³/mol. The van der Waals surface area contributed by atoms with Crippen LogP contribution >= 0.6 is 11.3 Å². The number of aryl methyl sites for hydroxylation is 1. The van der Waals surface area contributed by atoms with E-state index in [-0.39, 0.29) is 5.91 Å². The number of rotatable bonds is 4. The summed E-state index contributed by atoms with van der Waals surface area (Å²) in [6.45, 7) is 4.85. The van der Waals surface area contributed by atoms with E-state index in [0.717, 1.165) is 28.4 Å². The van der Waals surface area contributed by atoms with Crippen LogP contribution in [0, 0.1) is 18.8 Å². The van der Waals surface area contributed by atoms with Crippen molar-refractivity contribution in [1.29, 1.82) is 0 Å². The van der Waals surface area contributed by atoms with E-state index in [4.69, 9.17) is 5.73 Å². The van der Waals surface area contributed by atoms with Crippen LogP contribution in [0.5, 0.6) is 0 Å². The van der Waals surface area contributed by atoms with Crippen LogP contribution in [-0.4, -0.2) is 17.4 Å². The lowest BCUT2D eigenvalue weighted by Gasteiger charge is -2.10. The number of hydrogen-bond donors (Lipinski definition) is 2. The molecule has 0 bridgehead atoms. The van der Waals surface area contributed by atoms with Gasteiger partial charge in [0.05, 0.1) is 5.69 Å². The molecule has 0 spiro atoms. The molecule has 1 amide bonds. The second-order valence-electron chi connectivity index (χ2n) is 5.67. The van der Waals surface area contributed by atoms with Crippen LogP contribution in [-0.2, 0) is 0 Å². The fourth-order valence-electron chi connectivity index (χ4n) is 2.42. The van der Waals surface area contributed by atoms with Crippen molar-refractivity contribution in [3.63, 3.8) is 0 Å². The number of aromatic nitrogens is 1. The molecule has 2 aromatic heterocycles. The highest BCUT2D eigenvalue weighted by atomic mass is 32.1. The number of carbonyl (C=O) groups excluding carboxylic acids is 1. The van der Waals surface area contributed by atoms with Gasteiger partial charge in [0.2, 0.25) is 0 Å². The Labute approximate surface area is 122 Å². The maximum absolute atomic E-state index is 12.3. The average Bonchev–Trinajstić information content (AvgIpc) is 3.21. The Balaban J connectivity index is 1.78. The lowest BCUT2D eigenvalue weighted by molar-refractivity contribution is 0.0951. The SMILES string of the molecule is Cc1ccc2c(N)c(C(=O)NCC(C)C3CC3)sc2n1. The number of anilines is 1. The molecule has 106 valence electrons. The van der Waals surface area contributed by atoms with Gasteiger partial charge in [-0.05, 0) is 43.7 Å². The number of nitrogen functional groups attached to an aromatic ring is 1. The molecule has 2 aromatic rings. The third-order valence-corrected chi connectivity index (χ3v) is 5.06. The van der Waals surface area contributed by atoms with E-state index in [9.17, 15) is 4.79 Å². The molecule has 3 rings (SSSR count). The predicted octanol–water partition coefficient (Wildman–Crippen LogP) is 2.96. The molecule has 0 aromatic carbocycles. The first kappa shape index (κ1) is 13.4. The molecule has 1 saturated carbocycles. The van der Waals surface area contributed by atoms with E-state index in [2.05, 4.69) is 17.2 Å². The van der Waals surface area contributed by atoms with Crippen LogP contribution in [0.3, 0.4) is 0 Å². The molecular weight excluding hydrogens is 270 g/mol. The number of thiophene rings is 1. The van der Waals surface area contributed by atoms with Crippen LogP contribution < -0.4 is 11.1 Å². The lowest BCUT2D eigenvalue weighted by Crippen LogP contribution is -2.28. The Morgan fingerprint density at radius 3 is 3.00 bits per heavy atom. The molecule has 0 radical (unpaired) electrons. The molecule has 0 saturated heterocycles. The normalized spacial score (nSPS) is 16.3. The molecule has 0 aliphatic heterocycles. The van der Waals surface area contributed by atoms with Crippen LogP contribution in [0.25, 0.3) is 10.2 Å². The van der Waals surface area contributed by atoms with Crippen molar-refractivity contribution in [3.8, 4) is 0 Å². The largest absolute Gasteiger partial charge is 0.397 e. The zero-order chi connectivity index (χ0) is 14.3. The monoisotopic (exact) mass is 289 g/mol. The standard InChI is InChI=1S/C15H19N3OS/c1-8(10-4-5-10)7-17-14(19)13-12(16)11-6-3-9(2)18-15(11)20-13/h3,6,8,10H,4-5,7,16H2,1-2H3,(H,17,19). The molecule has 3 N–H and O–H groups in total. The number of fused-ring (bicyclic) bond motifs is 1. The van der Waals surface area contributed by atoms with Crippen molar-refractivity contribution in [2.45, 2.75) is 26.7 Å². The Morgan fingerprint density at radius 2 is 2.30 bits per heavy atom. The first-order valence-electron chi connectivity index (χ1n) is 7.00. The van der Waals surface area contributed by atoms with Crippen molar-refractivity contribution in [2.75, 3.05) is 12.3 Å². The van der Waals surface area contributed by atoms with Gasteiger partial charge >= 0.3 is 0 Å². The average molecular weight is 289 g/mol. The lowest BCUT2D eigenvalue weighted by atomic mass is 10.1. The molecular formula is C15H19N3OS. The third kappa shape index (κ3) is 2.50. The van der Waals surface area contributed by atoms with Gasteiger partial charge in [0, 0.05) is 17.6 Å². The fraction of sp³-hybridized carbons (Fsp3) is 0.467. The Morgan fingerprint density at radius 1 is 1.55 bits per heavy atom. The number of nitrogens with one attached hydrogen (secondary N) is 1. The second-order valence-corrected chi connectivity index (χ2v) is 6.67. The van der Waals surface area contributed by atoms with Crippen molar-refractivity contribution in [3.05, 3.63) is 22.7 Å². The first-order chi connectivity index (χ1) is 9.56. The van der Waals surface area contributed by atoms with Crippen molar-refractivity contribution in [2.24, 2.45) is 11.8 Å². The fourth-order valence-corrected chi connectivity index (χ4v) is 3.48. The number of nitrogens with two attached hydrogens (primary N) is 1. The number of carbonyl (C=O) groups is 1. The number of nitrogens with zero attached hydrogens (tertiary/aromatic N) is 1. The van der Waals surface area contributed by atoms with Gasteiger partial charge in [-0.1, -0.05) is 6.92 Å². The molecule has 2 heterocycles. The van der Waals surface area contributed by atoms with E-state index in [0.29, 0.717) is 16.5 Å². The summed E-state index contributed by atoms with van der Waals surface area (Å²) in [7, 11) is 0. The van der Waals surface area contributed by atoms with E-state index in [1.54, 1.807) is 0 Å². The quantitative estimate of drug-likeness (QED) is 0.909. The van der Waals surface area contributed by atoms with Crippen molar-refractivity contribution >= 4 is 33.1 Å². The van der Waals surface area contributed by atoms with E-state index in [1.165, 1.54) is 24.2 Å². The van der Waals surface area contributed by atoms with E-state index < -0.39 is 0 Å². The van der Waals surface area contributed by atoms with Crippen LogP contribution in [0.4, 0.5) is 5.69 Å². The van der Waals surface area contributed by atoms with Crippen LogP contribution in [0.2, 0.25) is 0 Å². The maximum Gasteiger partial charge on any atom is 0.263 e. The summed E-state index contributed by atoms with van der Waals surface area (Å²) in [4.78, 5) is 18.1. The topological polar surface area (TPSA) is 68.0 Å². The van der Waals surface area contributed by atoms with Crippen LogP contribution in [0.1, 0.15) is 35.1 Å². The summed E-state index contributed by atoms with van der Waals surface area (Å²) in [6.07, 6.45) is 2.59. The highest BCUT2D eigenvalue weighted by molar-refractivity contribution is 7.21. The number of hydrogen-bond acceptors (Lipinski definition) is 4. The minimum atomic E-state index is -0.0735. The summed E-state index contributed by atoms with van der Waals surface area (Å²) in [6, 6.07) is 3.86. The Bertz CT molecular complexity index is 660. The van der Waals surface area contributed by atoms with Gasteiger partial charge in [-0.15, -0.1) is 11.3 Å². The van der Waals surface area contributed by atoms with Gasteiger partial charge in [-0.25, -0.2) is 4.98 Å². The molecule has 20 heavy (non-hydrogen) atoms. The van der Waals surface area contributed by atoms with Gasteiger partial charge < -0.3 is 11.1 Å². The van der Waals surface area contributed by atoms with Crippen molar-refractivity contribution in [1.82, 2.24) is 10.3 Å². The minimum absolute atomic E-state index is 0.0735. The number of pyridine rings is 1. The van der Waals surface area contributed by atoms with Crippen LogP contribution in [0.15, 0.2) is 12.1 Å². The zero-order valence-electron chi connectivity index (χ0n) is 11.8. The summed E-state index contributed by atoms with van der Waals surface area (Å²) >= 11 is 1.37. The highest BCUT2D eigenvalue weighted by Crippen LogP contribution is 2.36. The van der Waals surface area contributed by atoms with Gasteiger partial charge in [0.1, 0.15) is 9.71 Å². The molecule has 1 unspecified atom stereocenters. The zero-order valence-corrected chi connectivity index (χ0v) is 12.6. The minimum Gasteiger partial charge on any atom is -0.397 e. The smallest absolute Gasteiger partial charge is 0.263 e. The van der Waals surface area contributed by atoms with Gasteiger partial charge in [0.25, 0.3) is 5.91 Å². The Kier molecular flexibility index (Phi) is 3.38. The second kappa shape index (κ2) is 5.05. The molecule has 5 heteroatoms. The molecule has 1 aliphatic rings. The van der Waals surface area contributed by atoms with E-state index in [1.807, 2.05) is 19.1 Å². The molecule has 1 fully saturated rings. The summed E-state index contributed by atoms with van der Waals surface area (Å²) < 4.78 is 0. The van der Waals surface area contributed by atoms with Gasteiger partial charge in [0.15, 0.2) is 0 Å². The summed E-state index contributed by atoms with van der Waals surface area (Å²) in [5.74, 6) is 1.27. The van der Waals surface area contributed by atoms with Gasteiger partial charge in [-0.2, -0.15) is 0 Å². The van der Waals surface area contributed by atoms with E-state index >= 15 is 0 Å². The first-order valence-corrected chi connectivity index (χ1v) is 7.81. The molecule has 4 nitrogen and oxygen atoms in total. The van der Waals surface area contributed by atoms with Crippen molar-refractivity contribution < 1.29 is 4.79 Å². The summed E-state index contributed by atoms with van der Waals surface area (Å²) in [5, 5.41) is 3.88. The highest BCUT2D eigenvalue weighted by Gasteiger charge is 2.28. The maximum atomic E-state index is 12.3. The number of amides is 1.